The Balaban J connectivity index is 0. The summed E-state index contributed by atoms with van der Waals surface area (Å²) >= 11 is 16.9. The molecule has 0 aromatic rings. The molecule has 0 rings (SSSR count). The van der Waals surface area contributed by atoms with Crippen LogP contribution in [0.25, 0.3) is 0 Å². The molecule has 1 N–H and O–H groups in total. The van der Waals surface area contributed by atoms with Gasteiger partial charge in [0, 0.05) is 36.0 Å². The minimum absolute atomic E-state index is 0. The van der Waals surface area contributed by atoms with E-state index in [4.69, 9.17) is 34.8 Å². The van der Waals surface area contributed by atoms with Crippen molar-refractivity contribution in [2.45, 2.75) is 87.4 Å². The second-order valence-corrected chi connectivity index (χ2v) is 7.61. The number of aliphatic hydroxyl groups is 1. The average Bonchev–Trinajstić information content (AvgIpc) is 2.24. The van der Waals surface area contributed by atoms with Gasteiger partial charge in [-0.15, -0.1) is 0 Å². The Kier molecular flexibility index (Phi) is 17.9. The predicted molar refractivity (Wildman–Crippen MR) is 88.5 cm³/mol. The minimum atomic E-state index is -1.32. The van der Waals surface area contributed by atoms with E-state index in [1.807, 2.05) is 0 Å². The van der Waals surface area contributed by atoms with Crippen LogP contribution in [0.15, 0.2) is 0 Å². The SMILES string of the molecule is CCCCCCCCCCCC(O)CC(Cl)(Cl)Cl.[Na]. The largest absolute Gasteiger partial charge is 0.393 e. The normalized spacial score (nSPS) is 13.1. The number of unbranched alkanes of at least 4 members (excludes halogenated alkanes) is 8. The van der Waals surface area contributed by atoms with E-state index in [1.165, 1.54) is 51.4 Å². The van der Waals surface area contributed by atoms with Gasteiger partial charge in [-0.25, -0.2) is 0 Å². The van der Waals surface area contributed by atoms with Gasteiger partial charge < -0.3 is 5.11 Å². The third-order valence-corrected chi connectivity index (χ3v) is 3.57. The van der Waals surface area contributed by atoms with E-state index in [-0.39, 0.29) is 36.0 Å². The van der Waals surface area contributed by atoms with Crippen molar-refractivity contribution in [1.29, 1.82) is 0 Å². The summed E-state index contributed by atoms with van der Waals surface area (Å²) in [6, 6.07) is 0. The van der Waals surface area contributed by atoms with E-state index in [2.05, 4.69) is 6.92 Å². The molecule has 0 aliphatic rings. The summed E-state index contributed by atoms with van der Waals surface area (Å²) in [5, 5.41) is 9.63. The van der Waals surface area contributed by atoms with Crippen LogP contribution in [0.5, 0.6) is 0 Å². The van der Waals surface area contributed by atoms with Gasteiger partial charge in [-0.2, -0.15) is 0 Å². The molecule has 5 heteroatoms. The van der Waals surface area contributed by atoms with Crippen molar-refractivity contribution in [2.75, 3.05) is 0 Å². The Morgan fingerprint density at radius 1 is 0.842 bits per heavy atom. The Hall–Kier alpha value is 1.83. The van der Waals surface area contributed by atoms with Gasteiger partial charge in [0.25, 0.3) is 0 Å². The fourth-order valence-electron chi connectivity index (χ4n) is 2.06. The van der Waals surface area contributed by atoms with Gasteiger partial charge in [0.2, 0.25) is 0 Å². The van der Waals surface area contributed by atoms with E-state index in [0.29, 0.717) is 0 Å². The van der Waals surface area contributed by atoms with E-state index >= 15 is 0 Å². The minimum Gasteiger partial charge on any atom is -0.393 e. The van der Waals surface area contributed by atoms with Crippen LogP contribution in [0.1, 0.15) is 77.6 Å². The van der Waals surface area contributed by atoms with Crippen molar-refractivity contribution >= 4 is 64.4 Å². The Morgan fingerprint density at radius 2 is 1.26 bits per heavy atom. The molecule has 1 unspecified atom stereocenters. The second kappa shape index (κ2) is 14.8. The maximum atomic E-state index is 9.63. The molecule has 0 heterocycles. The topological polar surface area (TPSA) is 20.2 Å². The van der Waals surface area contributed by atoms with Crippen LogP contribution in [0.2, 0.25) is 0 Å². The molecule has 0 amide bonds. The molecule has 1 atom stereocenters. The van der Waals surface area contributed by atoms with Crippen LogP contribution in [0, 0.1) is 0 Å². The second-order valence-electron chi connectivity index (χ2n) is 5.09. The number of aliphatic hydroxyl groups excluding tert-OH is 1. The Labute approximate surface area is 156 Å². The van der Waals surface area contributed by atoms with E-state index in [1.54, 1.807) is 0 Å². The van der Waals surface area contributed by atoms with Gasteiger partial charge in [-0.1, -0.05) is 99.5 Å². The van der Waals surface area contributed by atoms with Gasteiger partial charge in [0.15, 0.2) is 3.79 Å². The first-order valence-corrected chi connectivity index (χ1v) is 8.34. The van der Waals surface area contributed by atoms with Gasteiger partial charge in [-0.05, 0) is 6.42 Å². The smallest absolute Gasteiger partial charge is 0.193 e. The summed E-state index contributed by atoms with van der Waals surface area (Å²) in [6.45, 7) is 2.24. The average molecular weight is 341 g/mol. The zero-order valence-electron chi connectivity index (χ0n) is 12.4. The summed E-state index contributed by atoms with van der Waals surface area (Å²) in [7, 11) is 0. The molecule has 111 valence electrons. The van der Waals surface area contributed by atoms with Crippen LogP contribution < -0.4 is 0 Å². The van der Waals surface area contributed by atoms with Crippen molar-refractivity contribution in [1.82, 2.24) is 0 Å². The van der Waals surface area contributed by atoms with Crippen LogP contribution in [-0.4, -0.2) is 44.6 Å². The molecule has 0 aromatic heterocycles. The molecule has 0 bridgehead atoms. The summed E-state index contributed by atoms with van der Waals surface area (Å²) in [5.41, 5.74) is 0. The van der Waals surface area contributed by atoms with Gasteiger partial charge in [0.05, 0.1) is 6.10 Å². The van der Waals surface area contributed by atoms with E-state index in [9.17, 15) is 5.11 Å². The van der Waals surface area contributed by atoms with E-state index in [0.717, 1.165) is 12.8 Å². The molecule has 0 saturated heterocycles. The standard InChI is InChI=1S/C14H27Cl3O.Na/c1-2-3-4-5-6-7-8-9-10-11-13(18)12-14(15,16)17;/h13,18H,2-12H2,1H3;. The third kappa shape index (κ3) is 19.8. The number of alkyl halides is 3. The summed E-state index contributed by atoms with van der Waals surface area (Å²) in [4.78, 5) is 0. The number of rotatable bonds is 11. The number of hydrogen-bond donors (Lipinski definition) is 1. The zero-order chi connectivity index (χ0) is 13.9. The molecule has 0 aromatic carbocycles. The van der Waals surface area contributed by atoms with Gasteiger partial charge in [-0.3, -0.25) is 0 Å². The maximum Gasteiger partial charge on any atom is 0.193 e. The molecule has 0 aliphatic carbocycles. The van der Waals surface area contributed by atoms with Crippen molar-refractivity contribution in [3.05, 3.63) is 0 Å². The maximum absolute atomic E-state index is 9.63. The third-order valence-electron chi connectivity index (χ3n) is 3.11. The van der Waals surface area contributed by atoms with Gasteiger partial charge >= 0.3 is 0 Å². The van der Waals surface area contributed by atoms with E-state index < -0.39 is 9.90 Å². The van der Waals surface area contributed by atoms with Crippen molar-refractivity contribution in [3.63, 3.8) is 0 Å². The molecule has 0 saturated carbocycles. The quantitative estimate of drug-likeness (QED) is 0.293. The van der Waals surface area contributed by atoms with Crippen molar-refractivity contribution in [2.24, 2.45) is 0 Å². The first kappa shape index (κ1) is 23.1. The van der Waals surface area contributed by atoms with Crippen LogP contribution in [-0.2, 0) is 0 Å². The van der Waals surface area contributed by atoms with Gasteiger partial charge in [0.1, 0.15) is 0 Å². The molecule has 1 nitrogen and oxygen atoms in total. The first-order chi connectivity index (χ1) is 8.45. The molecule has 1 radical (unpaired) electrons. The van der Waals surface area contributed by atoms with Crippen LogP contribution in [0.4, 0.5) is 0 Å². The number of halogens is 3. The number of hydrogen-bond acceptors (Lipinski definition) is 1. The summed E-state index contributed by atoms with van der Waals surface area (Å²) < 4.78 is -1.32. The van der Waals surface area contributed by atoms with Crippen molar-refractivity contribution < 1.29 is 5.11 Å². The summed E-state index contributed by atoms with van der Waals surface area (Å²) in [6.07, 6.45) is 12.0. The molecule has 19 heavy (non-hydrogen) atoms. The Morgan fingerprint density at radius 3 is 1.68 bits per heavy atom. The fourth-order valence-corrected chi connectivity index (χ4v) is 2.59. The summed E-state index contributed by atoms with van der Waals surface area (Å²) in [5.74, 6) is 0. The van der Waals surface area contributed by atoms with Crippen LogP contribution >= 0.6 is 34.8 Å². The van der Waals surface area contributed by atoms with Crippen molar-refractivity contribution in [3.8, 4) is 0 Å². The predicted octanol–water partition coefficient (Wildman–Crippen LogP) is 5.65. The molecular weight excluding hydrogens is 314 g/mol. The molecule has 0 fully saturated rings. The molecule has 0 spiro atoms. The molecule has 0 aliphatic heterocycles. The fraction of sp³-hybridized carbons (Fsp3) is 1.00. The monoisotopic (exact) mass is 339 g/mol. The Bertz CT molecular complexity index is 186. The first-order valence-electron chi connectivity index (χ1n) is 7.20. The van der Waals surface area contributed by atoms with Crippen LogP contribution in [0.3, 0.4) is 0 Å². The zero-order valence-corrected chi connectivity index (χ0v) is 16.7. The molecular formula is C14H27Cl3NaO.